The third-order valence-electron chi connectivity index (χ3n) is 3.77. The van der Waals surface area contributed by atoms with E-state index in [4.69, 9.17) is 0 Å². The second kappa shape index (κ2) is 5.91. The van der Waals surface area contributed by atoms with Crippen molar-refractivity contribution in [3.05, 3.63) is 77.9 Å². The van der Waals surface area contributed by atoms with E-state index in [0.717, 1.165) is 3.92 Å². The van der Waals surface area contributed by atoms with Gasteiger partial charge in [-0.2, -0.15) is 0 Å². The molecule has 0 radical (unpaired) electrons. The molecule has 0 N–H and O–H groups in total. The molecular weight excluding hydrogens is 343 g/mol. The molecule has 0 fully saturated rings. The summed E-state index contributed by atoms with van der Waals surface area (Å²) in [6, 6.07) is 21.7. The molecule has 2 unspecified atom stereocenters. The monoisotopic (exact) mass is 360 g/mol. The Kier molecular flexibility index (Phi) is 4.02. The van der Waals surface area contributed by atoms with Gasteiger partial charge in [-0.05, 0) is 29.5 Å². The zero-order valence-electron chi connectivity index (χ0n) is 10.8. The highest BCUT2D eigenvalue weighted by atomic mass is 127. The molecule has 3 rings (SSSR count). The van der Waals surface area contributed by atoms with Crippen molar-refractivity contribution in [2.24, 2.45) is 0 Å². The van der Waals surface area contributed by atoms with Crippen LogP contribution in [-0.2, 0) is 0 Å². The largest absolute Gasteiger partial charge is 0.0822 e. The lowest BCUT2D eigenvalue weighted by molar-refractivity contribution is 0.702. The third kappa shape index (κ3) is 2.92. The fourth-order valence-corrected chi connectivity index (χ4v) is 3.59. The summed E-state index contributed by atoms with van der Waals surface area (Å²) in [6.45, 7) is 0. The predicted molar refractivity (Wildman–Crippen MR) is 90.6 cm³/mol. The van der Waals surface area contributed by atoms with E-state index in [1.807, 2.05) is 0 Å². The van der Waals surface area contributed by atoms with E-state index in [-0.39, 0.29) is 0 Å². The summed E-state index contributed by atoms with van der Waals surface area (Å²) < 4.78 is 0.746. The van der Waals surface area contributed by atoms with Gasteiger partial charge in [-0.15, -0.1) is 0 Å². The van der Waals surface area contributed by atoms with Crippen LogP contribution < -0.4 is 0 Å². The average molecular weight is 360 g/mol. The number of rotatable bonds is 2. The Morgan fingerprint density at radius 1 is 0.842 bits per heavy atom. The van der Waals surface area contributed by atoms with Crippen LogP contribution in [0.2, 0.25) is 0 Å². The van der Waals surface area contributed by atoms with Crippen molar-refractivity contribution in [1.82, 2.24) is 0 Å². The molecule has 0 saturated heterocycles. The average Bonchev–Trinajstić information content (AvgIpc) is 2.49. The second-order valence-corrected chi connectivity index (χ2v) is 6.82. The van der Waals surface area contributed by atoms with Crippen LogP contribution in [0, 0.1) is 0 Å². The van der Waals surface area contributed by atoms with Crippen LogP contribution in [0.4, 0.5) is 0 Å². The van der Waals surface area contributed by atoms with Gasteiger partial charge < -0.3 is 0 Å². The SMILES string of the molecule is IC1CC=C(c2ccccc2)C(c2ccccc2)C1. The summed E-state index contributed by atoms with van der Waals surface area (Å²) in [5.74, 6) is 0.541. The number of allylic oxidation sites excluding steroid dienone is 2. The fourth-order valence-electron chi connectivity index (χ4n) is 2.83. The molecule has 96 valence electrons. The fraction of sp³-hybridized carbons (Fsp3) is 0.222. The maximum atomic E-state index is 2.58. The highest BCUT2D eigenvalue weighted by Crippen LogP contribution is 2.41. The lowest BCUT2D eigenvalue weighted by Crippen LogP contribution is -2.13. The molecule has 2 aromatic carbocycles. The Morgan fingerprint density at radius 2 is 1.47 bits per heavy atom. The molecule has 1 aliphatic carbocycles. The second-order valence-electron chi connectivity index (χ2n) is 5.06. The van der Waals surface area contributed by atoms with Gasteiger partial charge >= 0.3 is 0 Å². The van der Waals surface area contributed by atoms with Gasteiger partial charge in [0, 0.05) is 9.84 Å². The van der Waals surface area contributed by atoms with E-state index < -0.39 is 0 Å². The Balaban J connectivity index is 2.01. The first-order valence-electron chi connectivity index (χ1n) is 6.79. The van der Waals surface area contributed by atoms with Crippen LogP contribution >= 0.6 is 22.6 Å². The molecule has 19 heavy (non-hydrogen) atoms. The third-order valence-corrected chi connectivity index (χ3v) is 4.79. The summed E-state index contributed by atoms with van der Waals surface area (Å²) in [6.07, 6.45) is 4.87. The van der Waals surface area contributed by atoms with Crippen molar-refractivity contribution < 1.29 is 0 Å². The Morgan fingerprint density at radius 3 is 2.16 bits per heavy atom. The van der Waals surface area contributed by atoms with Crippen molar-refractivity contribution in [2.45, 2.75) is 22.7 Å². The quantitative estimate of drug-likeness (QED) is 0.493. The van der Waals surface area contributed by atoms with Crippen LogP contribution in [0.25, 0.3) is 5.57 Å². The molecule has 2 aromatic rings. The van der Waals surface area contributed by atoms with Crippen LogP contribution in [0.3, 0.4) is 0 Å². The van der Waals surface area contributed by atoms with E-state index in [1.54, 1.807) is 0 Å². The Labute approximate surface area is 128 Å². The molecule has 2 atom stereocenters. The highest BCUT2D eigenvalue weighted by Gasteiger charge is 2.24. The van der Waals surface area contributed by atoms with Crippen LogP contribution in [0.1, 0.15) is 29.9 Å². The summed E-state index contributed by atoms with van der Waals surface area (Å²) >= 11 is 2.58. The maximum Gasteiger partial charge on any atom is 0.0153 e. The smallest absolute Gasteiger partial charge is 0.0153 e. The van der Waals surface area contributed by atoms with E-state index in [0.29, 0.717) is 5.92 Å². The predicted octanol–water partition coefficient (Wildman–Crippen LogP) is 5.45. The molecule has 0 heterocycles. The molecule has 0 nitrogen and oxygen atoms in total. The zero-order chi connectivity index (χ0) is 13.1. The topological polar surface area (TPSA) is 0 Å². The normalized spacial score (nSPS) is 22.9. The van der Waals surface area contributed by atoms with Gasteiger partial charge in [0.25, 0.3) is 0 Å². The number of hydrogen-bond donors (Lipinski definition) is 0. The minimum absolute atomic E-state index is 0.541. The van der Waals surface area contributed by atoms with Crippen LogP contribution in [0.5, 0.6) is 0 Å². The van der Waals surface area contributed by atoms with Crippen molar-refractivity contribution in [3.63, 3.8) is 0 Å². The van der Waals surface area contributed by atoms with Gasteiger partial charge in [-0.25, -0.2) is 0 Å². The molecule has 1 aliphatic rings. The van der Waals surface area contributed by atoms with Gasteiger partial charge in [0.05, 0.1) is 0 Å². The molecule has 0 aromatic heterocycles. The van der Waals surface area contributed by atoms with Gasteiger partial charge in [-0.1, -0.05) is 89.3 Å². The molecule has 0 aliphatic heterocycles. The first-order chi connectivity index (χ1) is 9.34. The lowest BCUT2D eigenvalue weighted by atomic mass is 9.79. The summed E-state index contributed by atoms with van der Waals surface area (Å²) in [7, 11) is 0. The Hall–Kier alpha value is -1.09. The first-order valence-corrected chi connectivity index (χ1v) is 8.03. The Bertz CT molecular complexity index is 557. The standard InChI is InChI=1S/C18H17I/c19-16-11-12-17(14-7-3-1-4-8-14)18(13-16)15-9-5-2-6-10-15/h1-10,12,16,18H,11,13H2. The van der Waals surface area contributed by atoms with Crippen molar-refractivity contribution in [3.8, 4) is 0 Å². The molecule has 1 heteroatoms. The van der Waals surface area contributed by atoms with Crippen molar-refractivity contribution >= 4 is 28.2 Å². The van der Waals surface area contributed by atoms with E-state index in [9.17, 15) is 0 Å². The number of alkyl halides is 1. The molecule has 0 bridgehead atoms. The van der Waals surface area contributed by atoms with Crippen molar-refractivity contribution in [1.29, 1.82) is 0 Å². The summed E-state index contributed by atoms with van der Waals surface area (Å²) in [5.41, 5.74) is 4.32. The molecule has 0 amide bonds. The number of halogens is 1. The highest BCUT2D eigenvalue weighted by molar-refractivity contribution is 14.1. The van der Waals surface area contributed by atoms with Gasteiger partial charge in [0.2, 0.25) is 0 Å². The van der Waals surface area contributed by atoms with E-state index >= 15 is 0 Å². The maximum absolute atomic E-state index is 2.58. The zero-order valence-corrected chi connectivity index (χ0v) is 13.0. The summed E-state index contributed by atoms with van der Waals surface area (Å²) in [5, 5.41) is 0. The lowest BCUT2D eigenvalue weighted by Gasteiger charge is -2.28. The number of benzene rings is 2. The molecule has 0 spiro atoms. The number of hydrogen-bond acceptors (Lipinski definition) is 0. The minimum atomic E-state index is 0.541. The van der Waals surface area contributed by atoms with Crippen LogP contribution in [-0.4, -0.2) is 3.92 Å². The minimum Gasteiger partial charge on any atom is -0.0822 e. The van der Waals surface area contributed by atoms with E-state index in [1.165, 1.54) is 29.5 Å². The van der Waals surface area contributed by atoms with Gasteiger partial charge in [-0.3, -0.25) is 0 Å². The molecule has 0 saturated carbocycles. The molecular formula is C18H17I. The van der Waals surface area contributed by atoms with Gasteiger partial charge in [0.15, 0.2) is 0 Å². The van der Waals surface area contributed by atoms with Crippen LogP contribution in [0.15, 0.2) is 66.7 Å². The summed E-state index contributed by atoms with van der Waals surface area (Å²) in [4.78, 5) is 0. The first kappa shape index (κ1) is 12.9. The van der Waals surface area contributed by atoms with Crippen molar-refractivity contribution in [2.75, 3.05) is 0 Å². The van der Waals surface area contributed by atoms with E-state index in [2.05, 4.69) is 89.3 Å². The van der Waals surface area contributed by atoms with Gasteiger partial charge in [0.1, 0.15) is 0 Å².